The summed E-state index contributed by atoms with van der Waals surface area (Å²) in [4.78, 5) is 4.65. The molecule has 0 spiro atoms. The van der Waals surface area contributed by atoms with Gasteiger partial charge in [0.2, 0.25) is 0 Å². The molecule has 2 N–H and O–H groups in total. The molecule has 6 heteroatoms. The highest BCUT2D eigenvalue weighted by Crippen LogP contribution is 2.24. The lowest BCUT2D eigenvalue weighted by molar-refractivity contribution is 0.792. The molecule has 0 fully saturated rings. The van der Waals surface area contributed by atoms with Gasteiger partial charge in [0.05, 0.1) is 11.0 Å². The molecule has 0 saturated heterocycles. The highest BCUT2D eigenvalue weighted by molar-refractivity contribution is 7.03. The molecule has 0 aliphatic rings. The Hall–Kier alpha value is -1.79. The number of imidazole rings is 1. The molecule has 3 aromatic rings. The fraction of sp³-hybridized carbons (Fsp3) is 0.250. The topological polar surface area (TPSA) is 69.6 Å². The predicted molar refractivity (Wildman–Crippen MR) is 72.2 cm³/mol. The molecule has 0 saturated carbocycles. The van der Waals surface area contributed by atoms with Gasteiger partial charge < -0.3 is 10.3 Å². The zero-order valence-corrected chi connectivity index (χ0v) is 10.8. The summed E-state index contributed by atoms with van der Waals surface area (Å²) in [5.41, 5.74) is 9.64. The zero-order valence-electron chi connectivity index (χ0n) is 10.00. The number of hydrogen-bond donors (Lipinski definition) is 1. The van der Waals surface area contributed by atoms with Crippen LogP contribution in [0.15, 0.2) is 23.6 Å². The van der Waals surface area contributed by atoms with Crippen LogP contribution >= 0.6 is 11.5 Å². The Morgan fingerprint density at radius 1 is 1.39 bits per heavy atom. The number of benzene rings is 1. The Morgan fingerprint density at radius 3 is 2.94 bits per heavy atom. The van der Waals surface area contributed by atoms with Crippen LogP contribution in [0, 0.1) is 0 Å². The molecule has 0 bridgehead atoms. The summed E-state index contributed by atoms with van der Waals surface area (Å²) in [6, 6.07) is 6.14. The van der Waals surface area contributed by atoms with E-state index in [1.165, 1.54) is 11.5 Å². The quantitative estimate of drug-likeness (QED) is 0.781. The van der Waals surface area contributed by atoms with E-state index in [1.54, 1.807) is 0 Å². The third kappa shape index (κ3) is 1.70. The van der Waals surface area contributed by atoms with Crippen LogP contribution in [0.25, 0.3) is 22.6 Å². The molecule has 1 aromatic carbocycles. The minimum absolute atomic E-state index is 0.530. The highest BCUT2D eigenvalue weighted by Gasteiger charge is 2.13. The molecular weight excluding hydrogens is 246 g/mol. The molecule has 0 unspecified atom stereocenters. The van der Waals surface area contributed by atoms with Crippen LogP contribution in [0.1, 0.15) is 12.5 Å². The van der Waals surface area contributed by atoms with Crippen molar-refractivity contribution in [2.24, 2.45) is 5.73 Å². The summed E-state index contributed by atoms with van der Waals surface area (Å²) in [6.45, 7) is 3.48. The Balaban J connectivity index is 2.26. The van der Waals surface area contributed by atoms with Crippen molar-refractivity contribution in [3.05, 3.63) is 29.1 Å². The molecule has 0 atom stereocenters. The van der Waals surface area contributed by atoms with E-state index in [0.29, 0.717) is 6.54 Å². The van der Waals surface area contributed by atoms with Crippen molar-refractivity contribution in [2.45, 2.75) is 20.0 Å². The van der Waals surface area contributed by atoms with Crippen molar-refractivity contribution >= 4 is 22.6 Å². The third-order valence-corrected chi connectivity index (χ3v) is 3.46. The smallest absolute Gasteiger partial charge is 0.162 e. The van der Waals surface area contributed by atoms with E-state index in [1.807, 2.05) is 17.5 Å². The van der Waals surface area contributed by atoms with Gasteiger partial charge in [0.25, 0.3) is 0 Å². The highest BCUT2D eigenvalue weighted by atomic mass is 32.1. The predicted octanol–water partition coefficient (Wildman–Crippen LogP) is 2.03. The lowest BCUT2D eigenvalue weighted by Gasteiger charge is -2.03. The van der Waals surface area contributed by atoms with E-state index in [4.69, 9.17) is 5.73 Å². The summed E-state index contributed by atoms with van der Waals surface area (Å²) >= 11 is 1.34. The van der Waals surface area contributed by atoms with E-state index in [9.17, 15) is 0 Å². The number of nitrogens with two attached hydrogens (primary N) is 1. The van der Waals surface area contributed by atoms with Gasteiger partial charge in [-0.25, -0.2) is 4.98 Å². The van der Waals surface area contributed by atoms with E-state index in [-0.39, 0.29) is 0 Å². The average molecular weight is 259 g/mol. The number of hydrogen-bond acceptors (Lipinski definition) is 5. The van der Waals surface area contributed by atoms with Gasteiger partial charge in [-0.15, -0.1) is 5.10 Å². The third-order valence-electron chi connectivity index (χ3n) is 2.95. The minimum Gasteiger partial charge on any atom is -0.326 e. The lowest BCUT2D eigenvalue weighted by atomic mass is 10.2. The maximum Gasteiger partial charge on any atom is 0.162 e. The van der Waals surface area contributed by atoms with E-state index < -0.39 is 0 Å². The van der Waals surface area contributed by atoms with Gasteiger partial charge in [-0.05, 0) is 36.2 Å². The first-order valence-corrected chi connectivity index (χ1v) is 6.63. The summed E-state index contributed by atoms with van der Waals surface area (Å²) in [6.07, 6.45) is 0. The van der Waals surface area contributed by atoms with Crippen molar-refractivity contribution in [1.29, 1.82) is 0 Å². The molecule has 2 heterocycles. The van der Waals surface area contributed by atoms with Crippen LogP contribution in [-0.4, -0.2) is 19.1 Å². The maximum absolute atomic E-state index is 5.66. The largest absolute Gasteiger partial charge is 0.326 e. The monoisotopic (exact) mass is 259 g/mol. The fourth-order valence-corrected chi connectivity index (χ4v) is 2.51. The van der Waals surface area contributed by atoms with Gasteiger partial charge >= 0.3 is 0 Å². The first-order valence-electron chi connectivity index (χ1n) is 5.80. The van der Waals surface area contributed by atoms with Gasteiger partial charge in [-0.3, -0.25) is 0 Å². The van der Waals surface area contributed by atoms with Crippen LogP contribution in [0.2, 0.25) is 0 Å². The van der Waals surface area contributed by atoms with Crippen molar-refractivity contribution in [1.82, 2.24) is 19.1 Å². The number of rotatable bonds is 3. The molecule has 0 aliphatic heterocycles. The van der Waals surface area contributed by atoms with Crippen molar-refractivity contribution in [3.63, 3.8) is 0 Å². The molecule has 92 valence electrons. The van der Waals surface area contributed by atoms with Crippen LogP contribution in [-0.2, 0) is 13.1 Å². The Bertz CT molecular complexity index is 671. The molecule has 3 rings (SSSR count). The van der Waals surface area contributed by atoms with Crippen LogP contribution < -0.4 is 5.73 Å². The van der Waals surface area contributed by atoms with E-state index in [0.717, 1.165) is 34.7 Å². The maximum atomic E-state index is 5.66. The SMILES string of the molecule is CCn1c(-c2csnn2)nc2cc(CN)ccc21. The van der Waals surface area contributed by atoms with Gasteiger partial charge in [0.15, 0.2) is 5.82 Å². The second kappa shape index (κ2) is 4.47. The summed E-state index contributed by atoms with van der Waals surface area (Å²) in [7, 11) is 0. The Morgan fingerprint density at radius 2 is 2.28 bits per heavy atom. The van der Waals surface area contributed by atoms with Gasteiger partial charge in [-0.2, -0.15) is 0 Å². The van der Waals surface area contributed by atoms with Crippen LogP contribution in [0.4, 0.5) is 0 Å². The first-order chi connectivity index (χ1) is 8.83. The molecule has 0 aliphatic carbocycles. The van der Waals surface area contributed by atoms with Gasteiger partial charge in [0.1, 0.15) is 5.69 Å². The normalized spacial score (nSPS) is 11.2. The second-order valence-electron chi connectivity index (χ2n) is 4.00. The van der Waals surface area contributed by atoms with E-state index in [2.05, 4.69) is 32.1 Å². The van der Waals surface area contributed by atoms with E-state index >= 15 is 0 Å². The molecule has 2 aromatic heterocycles. The van der Waals surface area contributed by atoms with Crippen molar-refractivity contribution in [2.75, 3.05) is 0 Å². The summed E-state index contributed by atoms with van der Waals surface area (Å²) in [5, 5.41) is 6.01. The number of aromatic nitrogens is 4. The van der Waals surface area contributed by atoms with Crippen molar-refractivity contribution in [3.8, 4) is 11.5 Å². The average Bonchev–Trinajstić information content (AvgIpc) is 3.04. The molecular formula is C12H13N5S. The van der Waals surface area contributed by atoms with Gasteiger partial charge in [0, 0.05) is 18.5 Å². The summed E-state index contributed by atoms with van der Waals surface area (Å²) in [5.74, 6) is 0.871. The first kappa shape index (κ1) is 11.3. The Kier molecular flexibility index (Phi) is 2.81. The molecule has 5 nitrogen and oxygen atoms in total. The fourth-order valence-electron chi connectivity index (χ4n) is 2.08. The minimum atomic E-state index is 0.530. The second-order valence-corrected chi connectivity index (χ2v) is 4.61. The molecule has 18 heavy (non-hydrogen) atoms. The van der Waals surface area contributed by atoms with Crippen LogP contribution in [0.5, 0.6) is 0 Å². The standard InChI is InChI=1S/C12H13N5S/c1-2-17-11-4-3-8(6-13)5-9(11)14-12(17)10-7-18-16-15-10/h3-5,7H,2,6,13H2,1H3. The zero-order chi connectivity index (χ0) is 12.5. The molecule has 0 radical (unpaired) electrons. The number of aryl methyl sites for hydroxylation is 1. The number of fused-ring (bicyclic) bond motifs is 1. The van der Waals surface area contributed by atoms with Crippen LogP contribution in [0.3, 0.4) is 0 Å². The van der Waals surface area contributed by atoms with Crippen molar-refractivity contribution < 1.29 is 0 Å². The molecule has 0 amide bonds. The summed E-state index contributed by atoms with van der Waals surface area (Å²) < 4.78 is 6.04. The van der Waals surface area contributed by atoms with Gasteiger partial charge in [-0.1, -0.05) is 10.6 Å². The Labute approximate surface area is 108 Å². The number of nitrogens with zero attached hydrogens (tertiary/aromatic N) is 4. The lowest BCUT2D eigenvalue weighted by Crippen LogP contribution is -1.98.